The molecule has 0 aliphatic heterocycles. The van der Waals surface area contributed by atoms with Crippen molar-refractivity contribution in [2.45, 2.75) is 97.6 Å². The summed E-state index contributed by atoms with van der Waals surface area (Å²) in [6.07, 6.45) is 11.0. The maximum absolute atomic E-state index is 12.2. The second kappa shape index (κ2) is 9.63. The second-order valence-corrected chi connectivity index (χ2v) is 12.1. The molecule has 4 rings (SSSR count). The second-order valence-electron chi connectivity index (χ2n) is 12.1. The number of fused-ring (bicyclic) bond motifs is 5. The largest absolute Gasteiger partial charge is 0.480 e. The molecule has 3 saturated carbocycles. The highest BCUT2D eigenvalue weighted by Gasteiger charge is 2.58. The van der Waals surface area contributed by atoms with Gasteiger partial charge < -0.3 is 20.4 Å². The fourth-order valence-corrected chi connectivity index (χ4v) is 7.72. The van der Waals surface area contributed by atoms with Crippen molar-refractivity contribution >= 4 is 17.6 Å². The van der Waals surface area contributed by atoms with Crippen LogP contribution < -0.4 is 5.32 Å². The van der Waals surface area contributed by atoms with Gasteiger partial charge in [-0.3, -0.25) is 4.79 Å². The number of aliphatic hydroxyl groups excluding tert-OH is 1. The Morgan fingerprint density at radius 3 is 2.62 bits per heavy atom. The van der Waals surface area contributed by atoms with E-state index in [1.807, 2.05) is 13.8 Å². The molecule has 190 valence electrons. The summed E-state index contributed by atoms with van der Waals surface area (Å²) in [5.74, 6) is 0.674. The number of hydrogen-bond donors (Lipinski definition) is 3. The first kappa shape index (κ1) is 25.2. The van der Waals surface area contributed by atoms with Gasteiger partial charge in [-0.1, -0.05) is 38.4 Å². The summed E-state index contributed by atoms with van der Waals surface area (Å²) in [5.41, 5.74) is 2.60. The van der Waals surface area contributed by atoms with Gasteiger partial charge in [0.2, 0.25) is 0 Å². The van der Waals surface area contributed by atoms with E-state index in [0.29, 0.717) is 24.2 Å². The Labute approximate surface area is 203 Å². The minimum Gasteiger partial charge on any atom is -0.480 e. The highest BCUT2D eigenvalue weighted by atomic mass is 16.6. The third-order valence-electron chi connectivity index (χ3n) is 9.65. The summed E-state index contributed by atoms with van der Waals surface area (Å²) in [4.78, 5) is 28.8. The zero-order valence-electron chi connectivity index (χ0n) is 21.2. The van der Waals surface area contributed by atoms with Crippen molar-refractivity contribution in [3.05, 3.63) is 11.6 Å². The van der Waals surface area contributed by atoms with E-state index in [1.54, 1.807) is 0 Å². The third-order valence-corrected chi connectivity index (χ3v) is 9.65. The monoisotopic (exact) mass is 474 g/mol. The number of nitrogens with zero attached hydrogens (tertiary/aromatic N) is 1. The molecule has 34 heavy (non-hydrogen) atoms. The Bertz CT molecular complexity index is 867. The number of rotatable bonds is 7. The average Bonchev–Trinajstić information content (AvgIpc) is 3.07. The third kappa shape index (κ3) is 4.65. The van der Waals surface area contributed by atoms with E-state index in [2.05, 4.69) is 30.4 Å². The molecule has 0 spiro atoms. The zero-order chi connectivity index (χ0) is 24.7. The number of allylic oxidation sites excluding steroid dienone is 2. The van der Waals surface area contributed by atoms with Crippen molar-refractivity contribution in [1.29, 1.82) is 0 Å². The maximum Gasteiger partial charge on any atom is 0.326 e. The summed E-state index contributed by atoms with van der Waals surface area (Å²) in [6, 6.07) is -0.908. The van der Waals surface area contributed by atoms with Gasteiger partial charge in [-0.05, 0) is 98.4 Å². The van der Waals surface area contributed by atoms with Crippen molar-refractivity contribution in [1.82, 2.24) is 5.32 Å². The molecule has 7 nitrogen and oxygen atoms in total. The number of nitrogens with one attached hydrogen (secondary N) is 1. The lowest BCUT2D eigenvalue weighted by Crippen LogP contribution is -2.51. The molecule has 0 aromatic heterocycles. The Kier molecular flexibility index (Phi) is 7.14. The van der Waals surface area contributed by atoms with Gasteiger partial charge in [0.15, 0.2) is 6.61 Å². The molecule has 7 atom stereocenters. The quantitative estimate of drug-likeness (QED) is 0.477. The zero-order valence-corrected chi connectivity index (χ0v) is 21.2. The Hall–Kier alpha value is -1.89. The predicted molar refractivity (Wildman–Crippen MR) is 130 cm³/mol. The van der Waals surface area contributed by atoms with E-state index in [-0.39, 0.29) is 29.5 Å². The van der Waals surface area contributed by atoms with Crippen LogP contribution in [0.1, 0.15) is 85.5 Å². The van der Waals surface area contributed by atoms with Crippen LogP contribution in [-0.2, 0) is 14.4 Å². The van der Waals surface area contributed by atoms with Gasteiger partial charge in [-0.15, -0.1) is 0 Å². The standard InChI is InChI=1S/C27H42N2O5/c1-16(2)13-22(25(32)33)28-24(31)15-34-29-18-9-11-26(3)17(14-18)5-6-19-20-7-8-23(30)27(20,4)12-10-21(19)26/h14,16,19-23,30H,5-13,15H2,1-4H3,(H,28,31)(H,32,33)/b29-18+/t19-,20-,21-,22+,23-,26-,27-/m0/s1. The van der Waals surface area contributed by atoms with Gasteiger partial charge in [0.25, 0.3) is 5.91 Å². The summed E-state index contributed by atoms with van der Waals surface area (Å²) < 4.78 is 0. The first-order valence-corrected chi connectivity index (χ1v) is 13.1. The van der Waals surface area contributed by atoms with Gasteiger partial charge in [0.1, 0.15) is 6.04 Å². The van der Waals surface area contributed by atoms with Crippen molar-refractivity contribution in [2.24, 2.45) is 39.7 Å². The molecule has 7 heteroatoms. The fourth-order valence-electron chi connectivity index (χ4n) is 7.72. The minimum absolute atomic E-state index is 0.100. The minimum atomic E-state index is -1.03. The molecule has 4 aliphatic carbocycles. The van der Waals surface area contributed by atoms with E-state index in [0.717, 1.165) is 44.2 Å². The molecule has 1 amide bonds. The van der Waals surface area contributed by atoms with Crippen molar-refractivity contribution < 1.29 is 24.6 Å². The summed E-state index contributed by atoms with van der Waals surface area (Å²) in [7, 11) is 0. The summed E-state index contributed by atoms with van der Waals surface area (Å²) in [5, 5.41) is 26.7. The molecule has 0 heterocycles. The van der Waals surface area contributed by atoms with Crippen LogP contribution in [0.15, 0.2) is 16.8 Å². The Balaban J connectivity index is 1.37. The molecule has 0 aromatic rings. The SMILES string of the molecule is CC(C)C[C@@H](NC(=O)CO/N=C1/C=C2CC[C@H]3[C@@H]4CC[C@H](O)[C@@]4(C)CC[C@@H]3[C@@]2(C)CC1)C(=O)O. The average molecular weight is 475 g/mol. The number of carboxylic acid groups (broad SMARTS) is 1. The van der Waals surface area contributed by atoms with Crippen LogP contribution in [0.3, 0.4) is 0 Å². The summed E-state index contributed by atoms with van der Waals surface area (Å²) >= 11 is 0. The van der Waals surface area contributed by atoms with E-state index >= 15 is 0 Å². The molecule has 0 unspecified atom stereocenters. The molecule has 0 radical (unpaired) electrons. The van der Waals surface area contributed by atoms with Gasteiger partial charge in [0, 0.05) is 0 Å². The van der Waals surface area contributed by atoms with E-state index in [1.165, 1.54) is 18.4 Å². The topological polar surface area (TPSA) is 108 Å². The molecule has 4 aliphatic rings. The highest BCUT2D eigenvalue weighted by molar-refractivity contribution is 5.96. The molecule has 3 fully saturated rings. The smallest absolute Gasteiger partial charge is 0.326 e. The molecule has 0 saturated heterocycles. The van der Waals surface area contributed by atoms with Crippen LogP contribution >= 0.6 is 0 Å². The molecule has 3 N–H and O–H groups in total. The number of hydrogen-bond acceptors (Lipinski definition) is 5. The lowest BCUT2D eigenvalue weighted by atomic mass is 9.47. The van der Waals surface area contributed by atoms with E-state index in [4.69, 9.17) is 4.84 Å². The Morgan fingerprint density at radius 2 is 1.91 bits per heavy atom. The van der Waals surface area contributed by atoms with E-state index < -0.39 is 17.9 Å². The van der Waals surface area contributed by atoms with Crippen LogP contribution in [0.2, 0.25) is 0 Å². The molecule has 0 bridgehead atoms. The van der Waals surface area contributed by atoms with Gasteiger partial charge in [-0.25, -0.2) is 4.79 Å². The normalized spacial score (nSPS) is 39.0. The summed E-state index contributed by atoms with van der Waals surface area (Å²) in [6.45, 7) is 8.31. The van der Waals surface area contributed by atoms with Crippen LogP contribution in [0.4, 0.5) is 0 Å². The van der Waals surface area contributed by atoms with Crippen LogP contribution in [0.25, 0.3) is 0 Å². The number of carbonyl (C=O) groups excluding carboxylic acids is 1. The molecular formula is C27H42N2O5. The number of carbonyl (C=O) groups is 2. The number of oxime groups is 1. The number of aliphatic carboxylic acids is 1. The van der Waals surface area contributed by atoms with Gasteiger partial charge in [-0.2, -0.15) is 0 Å². The number of aliphatic hydroxyl groups is 1. The van der Waals surface area contributed by atoms with Crippen LogP contribution in [0.5, 0.6) is 0 Å². The fraction of sp³-hybridized carbons (Fsp3) is 0.815. The highest BCUT2D eigenvalue weighted by Crippen LogP contribution is 2.65. The van der Waals surface area contributed by atoms with E-state index in [9.17, 15) is 19.8 Å². The lowest BCUT2D eigenvalue weighted by molar-refractivity contribution is -0.143. The molecule has 0 aromatic carbocycles. The van der Waals surface area contributed by atoms with Crippen LogP contribution in [-0.4, -0.2) is 46.6 Å². The van der Waals surface area contributed by atoms with Crippen molar-refractivity contribution in [2.75, 3.05) is 6.61 Å². The first-order valence-electron chi connectivity index (χ1n) is 13.1. The maximum atomic E-state index is 12.2. The predicted octanol–water partition coefficient (Wildman–Crippen LogP) is 4.30. The van der Waals surface area contributed by atoms with Crippen molar-refractivity contribution in [3.8, 4) is 0 Å². The number of carboxylic acids is 1. The number of amides is 1. The van der Waals surface area contributed by atoms with Crippen LogP contribution in [0, 0.1) is 34.5 Å². The first-order chi connectivity index (χ1) is 16.0. The Morgan fingerprint density at radius 1 is 1.15 bits per heavy atom. The van der Waals surface area contributed by atoms with Crippen molar-refractivity contribution in [3.63, 3.8) is 0 Å². The van der Waals surface area contributed by atoms with Gasteiger partial charge >= 0.3 is 5.97 Å². The molecular weight excluding hydrogens is 432 g/mol. The lowest BCUT2D eigenvalue weighted by Gasteiger charge is -2.57. The van der Waals surface area contributed by atoms with Gasteiger partial charge in [0.05, 0.1) is 11.8 Å².